The Morgan fingerprint density at radius 2 is 1.94 bits per heavy atom. The summed E-state index contributed by atoms with van der Waals surface area (Å²) < 4.78 is 37.5. The first kappa shape index (κ1) is 12.5. The zero-order chi connectivity index (χ0) is 12.3. The number of aromatic nitrogens is 3. The van der Waals surface area contributed by atoms with Crippen LogP contribution in [0.5, 0.6) is 0 Å². The minimum absolute atomic E-state index is 0.574. The standard InChI is InChI=1S/C10H16BF3N3/c12-11(13,14)8-17-7-10(15-16-17)6-9-4-2-1-3-5-9/h7,9H,1-6,8H2/q-1. The molecule has 0 aliphatic heterocycles. The first-order valence-electron chi connectivity index (χ1n) is 6.13. The van der Waals surface area contributed by atoms with Crippen molar-refractivity contribution in [3.8, 4) is 0 Å². The fourth-order valence-corrected chi connectivity index (χ4v) is 2.42. The second-order valence-electron chi connectivity index (χ2n) is 4.85. The molecule has 2 rings (SSSR count). The fourth-order valence-electron chi connectivity index (χ4n) is 2.42. The van der Waals surface area contributed by atoms with Gasteiger partial charge in [0.05, 0.1) is 5.69 Å². The van der Waals surface area contributed by atoms with Gasteiger partial charge in [0.1, 0.15) is 0 Å². The van der Waals surface area contributed by atoms with Gasteiger partial charge in [-0.2, -0.15) is 0 Å². The summed E-state index contributed by atoms with van der Waals surface area (Å²) in [6.07, 6.45) is 7.27. The molecule has 0 saturated heterocycles. The fraction of sp³-hybridized carbons (Fsp3) is 0.800. The Hall–Kier alpha value is -1.01. The van der Waals surface area contributed by atoms with Gasteiger partial charge in [-0.3, -0.25) is 4.68 Å². The van der Waals surface area contributed by atoms with Crippen molar-refractivity contribution < 1.29 is 12.9 Å². The molecular weight excluding hydrogens is 230 g/mol. The molecule has 7 heteroatoms. The molecule has 1 aromatic heterocycles. The van der Waals surface area contributed by atoms with Gasteiger partial charge in [0, 0.05) is 12.6 Å². The third-order valence-electron chi connectivity index (χ3n) is 3.20. The van der Waals surface area contributed by atoms with Crippen LogP contribution in [0.2, 0.25) is 0 Å². The maximum absolute atomic E-state index is 12.2. The number of nitrogens with zero attached hydrogens (tertiary/aromatic N) is 3. The van der Waals surface area contributed by atoms with Crippen LogP contribution in [0, 0.1) is 5.92 Å². The van der Waals surface area contributed by atoms with Crippen LogP contribution in [-0.4, -0.2) is 22.0 Å². The molecular formula is C10H16BF3N3-. The number of hydrogen-bond acceptors (Lipinski definition) is 2. The van der Waals surface area contributed by atoms with Crippen LogP contribution < -0.4 is 0 Å². The van der Waals surface area contributed by atoms with Crippen molar-refractivity contribution in [2.75, 3.05) is 0 Å². The van der Waals surface area contributed by atoms with Crippen LogP contribution in [-0.2, 0) is 12.9 Å². The van der Waals surface area contributed by atoms with Crippen molar-refractivity contribution in [1.29, 1.82) is 0 Å². The monoisotopic (exact) mass is 246 g/mol. The molecule has 1 aromatic rings. The van der Waals surface area contributed by atoms with Gasteiger partial charge < -0.3 is 12.9 Å². The van der Waals surface area contributed by atoms with E-state index in [1.807, 2.05) is 0 Å². The largest absolute Gasteiger partial charge is 0.499 e. The first-order valence-corrected chi connectivity index (χ1v) is 6.13. The Bertz CT molecular complexity index is 358. The van der Waals surface area contributed by atoms with Crippen molar-refractivity contribution in [2.45, 2.75) is 45.0 Å². The quantitative estimate of drug-likeness (QED) is 0.764. The molecule has 1 heterocycles. The summed E-state index contributed by atoms with van der Waals surface area (Å²) >= 11 is 0. The van der Waals surface area contributed by atoms with Gasteiger partial charge in [-0.05, 0) is 12.3 Å². The SMILES string of the molecule is F[B-](F)(F)Cn1cc(CC2CCCCC2)nn1. The first-order chi connectivity index (χ1) is 8.03. The topological polar surface area (TPSA) is 30.7 Å². The average molecular weight is 246 g/mol. The summed E-state index contributed by atoms with van der Waals surface area (Å²) in [7, 11) is 0. The molecule has 17 heavy (non-hydrogen) atoms. The molecule has 1 aliphatic carbocycles. The lowest BCUT2D eigenvalue weighted by Gasteiger charge is -2.20. The maximum atomic E-state index is 12.2. The van der Waals surface area contributed by atoms with Gasteiger partial charge >= 0.3 is 6.98 Å². The minimum Gasteiger partial charge on any atom is -0.448 e. The molecule has 1 saturated carbocycles. The predicted octanol–water partition coefficient (Wildman–Crippen LogP) is 2.79. The van der Waals surface area contributed by atoms with Gasteiger partial charge in [0.15, 0.2) is 0 Å². The normalized spacial score (nSPS) is 18.5. The van der Waals surface area contributed by atoms with Gasteiger partial charge in [-0.25, -0.2) is 0 Å². The van der Waals surface area contributed by atoms with E-state index in [0.29, 0.717) is 11.6 Å². The van der Waals surface area contributed by atoms with Crippen LogP contribution in [0.1, 0.15) is 37.8 Å². The van der Waals surface area contributed by atoms with Crippen molar-refractivity contribution in [2.24, 2.45) is 5.92 Å². The van der Waals surface area contributed by atoms with Crippen molar-refractivity contribution in [3.05, 3.63) is 11.9 Å². The summed E-state index contributed by atoms with van der Waals surface area (Å²) in [5.74, 6) is 0.574. The lowest BCUT2D eigenvalue weighted by atomic mass is 9.86. The van der Waals surface area contributed by atoms with Crippen LogP contribution >= 0.6 is 0 Å². The highest BCUT2D eigenvalue weighted by molar-refractivity contribution is 6.57. The van der Waals surface area contributed by atoms with Crippen LogP contribution in [0.4, 0.5) is 12.9 Å². The molecule has 0 radical (unpaired) electrons. The summed E-state index contributed by atoms with van der Waals surface area (Å²) in [4.78, 5) is 0. The van der Waals surface area contributed by atoms with Crippen molar-refractivity contribution in [1.82, 2.24) is 15.0 Å². The highest BCUT2D eigenvalue weighted by atomic mass is 19.4. The van der Waals surface area contributed by atoms with E-state index in [4.69, 9.17) is 0 Å². The zero-order valence-corrected chi connectivity index (χ0v) is 9.66. The molecule has 0 bridgehead atoms. The lowest BCUT2D eigenvalue weighted by Crippen LogP contribution is -2.24. The van der Waals surface area contributed by atoms with E-state index in [1.165, 1.54) is 25.5 Å². The second-order valence-corrected chi connectivity index (χ2v) is 4.85. The molecule has 0 N–H and O–H groups in total. The number of rotatable bonds is 4. The molecule has 0 unspecified atom stereocenters. The highest BCUT2D eigenvalue weighted by Gasteiger charge is 2.24. The Morgan fingerprint density at radius 1 is 1.24 bits per heavy atom. The van der Waals surface area contributed by atoms with Crippen LogP contribution in [0.3, 0.4) is 0 Å². The number of halogens is 3. The number of hydrogen-bond donors (Lipinski definition) is 0. The molecule has 1 fully saturated rings. The van der Waals surface area contributed by atoms with E-state index in [9.17, 15) is 12.9 Å². The summed E-state index contributed by atoms with van der Waals surface area (Å²) in [5.41, 5.74) is 0.692. The highest BCUT2D eigenvalue weighted by Crippen LogP contribution is 2.26. The molecule has 0 spiro atoms. The molecule has 0 aromatic carbocycles. The maximum Gasteiger partial charge on any atom is 0.499 e. The lowest BCUT2D eigenvalue weighted by molar-refractivity contribution is 0.354. The van der Waals surface area contributed by atoms with E-state index in [2.05, 4.69) is 10.3 Å². The molecule has 3 nitrogen and oxygen atoms in total. The Labute approximate surface area is 98.4 Å². The third kappa shape index (κ3) is 4.05. The third-order valence-corrected chi connectivity index (χ3v) is 3.20. The van der Waals surface area contributed by atoms with Gasteiger partial charge in [0.25, 0.3) is 0 Å². The van der Waals surface area contributed by atoms with Gasteiger partial charge in [0.2, 0.25) is 0 Å². The zero-order valence-electron chi connectivity index (χ0n) is 9.66. The van der Waals surface area contributed by atoms with E-state index in [1.54, 1.807) is 0 Å². The van der Waals surface area contributed by atoms with Gasteiger partial charge in [-0.1, -0.05) is 37.3 Å². The van der Waals surface area contributed by atoms with Crippen LogP contribution in [0.15, 0.2) is 6.20 Å². The summed E-state index contributed by atoms with van der Waals surface area (Å²) in [6, 6.07) is 0. The Balaban J connectivity index is 1.89. The molecule has 96 valence electrons. The van der Waals surface area contributed by atoms with E-state index in [0.717, 1.165) is 23.9 Å². The van der Waals surface area contributed by atoms with E-state index in [-0.39, 0.29) is 0 Å². The van der Waals surface area contributed by atoms with Gasteiger partial charge in [-0.15, -0.1) is 5.10 Å². The molecule has 0 atom stereocenters. The average Bonchev–Trinajstić information content (AvgIpc) is 2.64. The summed E-state index contributed by atoms with van der Waals surface area (Å²) in [5, 5.41) is 7.35. The second kappa shape index (κ2) is 5.10. The van der Waals surface area contributed by atoms with Crippen LogP contribution in [0.25, 0.3) is 0 Å². The Morgan fingerprint density at radius 3 is 2.59 bits per heavy atom. The van der Waals surface area contributed by atoms with E-state index < -0.39 is 13.4 Å². The minimum atomic E-state index is -4.83. The molecule has 0 amide bonds. The summed E-state index contributed by atoms with van der Waals surface area (Å²) in [6.45, 7) is -4.83. The van der Waals surface area contributed by atoms with E-state index >= 15 is 0 Å². The Kier molecular flexibility index (Phi) is 3.74. The predicted molar refractivity (Wildman–Crippen MR) is 59.4 cm³/mol. The molecule has 1 aliphatic rings. The van der Waals surface area contributed by atoms with Crippen molar-refractivity contribution in [3.63, 3.8) is 0 Å². The smallest absolute Gasteiger partial charge is 0.448 e. The van der Waals surface area contributed by atoms with Crippen molar-refractivity contribution >= 4 is 6.98 Å².